The van der Waals surface area contributed by atoms with E-state index in [4.69, 9.17) is 0 Å². The molecule has 6 heavy (non-hydrogen) atoms. The molecule has 0 radical (unpaired) electrons. The molecule has 0 nitrogen and oxygen atoms in total. The van der Waals surface area contributed by atoms with Crippen LogP contribution in [0.4, 0.5) is 0 Å². The van der Waals surface area contributed by atoms with Crippen molar-refractivity contribution in [3.63, 3.8) is 0 Å². The molecule has 0 unspecified atom stereocenters. The van der Waals surface area contributed by atoms with E-state index in [0.717, 1.165) is 5.92 Å². The molecular weight excluding hydrogens is 72.1 g/mol. The maximum absolute atomic E-state index is 2.22. The summed E-state index contributed by atoms with van der Waals surface area (Å²) in [6.45, 7) is 4.44. The Balaban J connectivity index is 2.13. The van der Waals surface area contributed by atoms with Crippen LogP contribution < -0.4 is 0 Å². The van der Waals surface area contributed by atoms with Gasteiger partial charge in [-0.3, -0.25) is 0 Å². The standard InChI is InChI=1S/C6H11/c1-5(2)6-3-4-6/h6H,3-4H2,1-2H3/q+1. The summed E-state index contributed by atoms with van der Waals surface area (Å²) >= 11 is 0. The van der Waals surface area contributed by atoms with E-state index in [-0.39, 0.29) is 0 Å². The summed E-state index contributed by atoms with van der Waals surface area (Å²) in [7, 11) is 0. The first-order chi connectivity index (χ1) is 2.80. The van der Waals surface area contributed by atoms with Crippen molar-refractivity contribution >= 4 is 0 Å². The Kier molecular flexibility index (Phi) is 0.793. The predicted octanol–water partition coefficient (Wildman–Crippen LogP) is 2.01. The second-order valence-electron chi connectivity index (χ2n) is 2.35. The molecule has 1 fully saturated rings. The van der Waals surface area contributed by atoms with Crippen LogP contribution in [0.15, 0.2) is 0 Å². The first-order valence-corrected chi connectivity index (χ1v) is 2.61. The molecule has 0 aromatic carbocycles. The zero-order chi connectivity index (χ0) is 4.57. The molecule has 0 amide bonds. The molecule has 1 saturated carbocycles. The van der Waals surface area contributed by atoms with Crippen LogP contribution in [-0.2, 0) is 0 Å². The number of hydrogen-bond acceptors (Lipinski definition) is 0. The summed E-state index contributed by atoms with van der Waals surface area (Å²) in [6, 6.07) is 0. The van der Waals surface area contributed by atoms with Gasteiger partial charge in [0.15, 0.2) is 0 Å². The van der Waals surface area contributed by atoms with Gasteiger partial charge in [0.2, 0.25) is 0 Å². The van der Waals surface area contributed by atoms with Crippen LogP contribution in [0.5, 0.6) is 0 Å². The summed E-state index contributed by atoms with van der Waals surface area (Å²) in [5.74, 6) is 2.64. The van der Waals surface area contributed by atoms with Crippen molar-refractivity contribution < 1.29 is 0 Å². The van der Waals surface area contributed by atoms with E-state index in [2.05, 4.69) is 13.8 Å². The monoisotopic (exact) mass is 83.1 g/mol. The van der Waals surface area contributed by atoms with Crippen LogP contribution in [0, 0.1) is 11.8 Å². The lowest BCUT2D eigenvalue weighted by Gasteiger charge is -1.81. The lowest BCUT2D eigenvalue weighted by atomic mass is 10.1. The van der Waals surface area contributed by atoms with E-state index < -0.39 is 0 Å². The van der Waals surface area contributed by atoms with Crippen LogP contribution in [0.1, 0.15) is 26.7 Å². The van der Waals surface area contributed by atoms with Crippen LogP contribution >= 0.6 is 0 Å². The van der Waals surface area contributed by atoms with Gasteiger partial charge in [-0.15, -0.1) is 0 Å². The van der Waals surface area contributed by atoms with Gasteiger partial charge < -0.3 is 0 Å². The van der Waals surface area contributed by atoms with Gasteiger partial charge in [-0.05, 0) is 12.8 Å². The SMILES string of the molecule is C[C+](C)C1CC1. The zero-order valence-corrected chi connectivity index (χ0v) is 4.49. The molecule has 0 saturated heterocycles. The summed E-state index contributed by atoms with van der Waals surface area (Å²) in [5, 5.41) is 0. The fourth-order valence-electron chi connectivity index (χ4n) is 0.661. The molecule has 0 heterocycles. The van der Waals surface area contributed by atoms with Gasteiger partial charge in [-0.2, -0.15) is 0 Å². The normalized spacial score (nSPS) is 21.0. The third-order valence-electron chi connectivity index (χ3n) is 1.39. The summed E-state index contributed by atoms with van der Waals surface area (Å²) in [5.41, 5.74) is 0. The maximum atomic E-state index is 2.22. The van der Waals surface area contributed by atoms with Gasteiger partial charge in [0, 0.05) is 0 Å². The topological polar surface area (TPSA) is 0 Å². The molecule has 0 atom stereocenters. The number of hydrogen-bond donors (Lipinski definition) is 0. The zero-order valence-electron chi connectivity index (χ0n) is 4.49. The lowest BCUT2D eigenvalue weighted by molar-refractivity contribution is 0.844. The molecular formula is C6H11+. The Morgan fingerprint density at radius 3 is 1.83 bits per heavy atom. The van der Waals surface area contributed by atoms with E-state index in [1.807, 2.05) is 0 Å². The highest BCUT2D eigenvalue weighted by molar-refractivity contribution is 4.95. The van der Waals surface area contributed by atoms with Crippen LogP contribution in [0.25, 0.3) is 0 Å². The first-order valence-electron chi connectivity index (χ1n) is 2.61. The van der Waals surface area contributed by atoms with Gasteiger partial charge in [-0.1, -0.05) is 0 Å². The maximum Gasteiger partial charge on any atom is 0.0999 e. The molecule has 0 aromatic heterocycles. The third kappa shape index (κ3) is 0.675. The molecule has 1 aliphatic carbocycles. The van der Waals surface area contributed by atoms with E-state index in [9.17, 15) is 0 Å². The second-order valence-corrected chi connectivity index (χ2v) is 2.35. The Bertz CT molecular complexity index is 42.0. The second kappa shape index (κ2) is 1.18. The fraction of sp³-hybridized carbons (Fsp3) is 0.833. The number of rotatable bonds is 1. The van der Waals surface area contributed by atoms with E-state index in [1.54, 1.807) is 5.92 Å². The van der Waals surface area contributed by atoms with Crippen molar-refractivity contribution in [1.29, 1.82) is 0 Å². The molecule has 0 N–H and O–H groups in total. The average molecular weight is 83.2 g/mol. The third-order valence-corrected chi connectivity index (χ3v) is 1.39. The van der Waals surface area contributed by atoms with E-state index >= 15 is 0 Å². The largest absolute Gasteiger partial charge is 0.0999 e. The minimum atomic E-state index is 1.02. The van der Waals surface area contributed by atoms with Crippen molar-refractivity contribution in [3.05, 3.63) is 5.92 Å². The Morgan fingerprint density at radius 2 is 1.83 bits per heavy atom. The summed E-state index contributed by atoms with van der Waals surface area (Å²) in [6.07, 6.45) is 2.92. The quantitative estimate of drug-likeness (QED) is 0.425. The van der Waals surface area contributed by atoms with Crippen molar-refractivity contribution in [2.45, 2.75) is 26.7 Å². The van der Waals surface area contributed by atoms with Gasteiger partial charge in [0.05, 0.1) is 25.7 Å². The van der Waals surface area contributed by atoms with Crippen LogP contribution in [0.3, 0.4) is 0 Å². The smallest absolute Gasteiger partial charge is 0.00517 e. The van der Waals surface area contributed by atoms with Crippen molar-refractivity contribution in [2.75, 3.05) is 0 Å². The minimum absolute atomic E-state index is 1.02. The molecule has 0 heteroatoms. The molecule has 0 spiro atoms. The minimum Gasteiger partial charge on any atom is -0.00517 e. The lowest BCUT2D eigenvalue weighted by Crippen LogP contribution is -1.82. The molecule has 0 aromatic rings. The Hall–Kier alpha value is -0.130. The van der Waals surface area contributed by atoms with Crippen molar-refractivity contribution in [2.24, 2.45) is 5.92 Å². The Labute approximate surface area is 39.6 Å². The van der Waals surface area contributed by atoms with E-state index in [0.29, 0.717) is 0 Å². The highest BCUT2D eigenvalue weighted by Gasteiger charge is 2.33. The predicted molar refractivity (Wildman–Crippen MR) is 27.3 cm³/mol. The van der Waals surface area contributed by atoms with Gasteiger partial charge in [0.1, 0.15) is 0 Å². The summed E-state index contributed by atoms with van der Waals surface area (Å²) in [4.78, 5) is 0. The van der Waals surface area contributed by atoms with E-state index in [1.165, 1.54) is 12.8 Å². The van der Waals surface area contributed by atoms with Gasteiger partial charge in [0.25, 0.3) is 0 Å². The average Bonchev–Trinajstić information content (AvgIpc) is 2.06. The Morgan fingerprint density at radius 1 is 1.33 bits per heavy atom. The van der Waals surface area contributed by atoms with Gasteiger partial charge in [-0.25, -0.2) is 0 Å². The highest BCUT2D eigenvalue weighted by Crippen LogP contribution is 2.37. The van der Waals surface area contributed by atoms with Crippen molar-refractivity contribution in [3.8, 4) is 0 Å². The fourth-order valence-corrected chi connectivity index (χ4v) is 0.661. The molecule has 34 valence electrons. The molecule has 0 aliphatic heterocycles. The summed E-state index contributed by atoms with van der Waals surface area (Å²) < 4.78 is 0. The molecule has 1 aliphatic rings. The van der Waals surface area contributed by atoms with Gasteiger partial charge >= 0.3 is 0 Å². The van der Waals surface area contributed by atoms with Crippen molar-refractivity contribution in [1.82, 2.24) is 0 Å². The van der Waals surface area contributed by atoms with Crippen LogP contribution in [0.2, 0.25) is 0 Å². The molecule has 1 rings (SSSR count). The first kappa shape index (κ1) is 4.04. The van der Waals surface area contributed by atoms with Crippen LogP contribution in [-0.4, -0.2) is 0 Å². The highest BCUT2D eigenvalue weighted by atomic mass is 14.3. The molecule has 0 bridgehead atoms.